The summed E-state index contributed by atoms with van der Waals surface area (Å²) in [6, 6.07) is 17.7. The van der Waals surface area contributed by atoms with Gasteiger partial charge in [-0.15, -0.1) is 0 Å². The molecule has 1 heterocycles. The van der Waals surface area contributed by atoms with Gasteiger partial charge >= 0.3 is 0 Å². The fourth-order valence-corrected chi connectivity index (χ4v) is 2.33. The van der Waals surface area contributed by atoms with Crippen LogP contribution in [0.5, 0.6) is 0 Å². The standard InChI is InChI=1S/C19H18N2O2/c1-14(21-22)10-11-15-6-5-9-17(12-15)19-20-18(13-23-19)16-7-3-2-4-8-16/h2-9,12,14,18,21-22H,13H2,1H3/t14?,18-/m0/s1. The molecule has 0 aromatic heterocycles. The molecule has 3 rings (SSSR count). The lowest BCUT2D eigenvalue weighted by molar-refractivity contribution is 0.152. The highest BCUT2D eigenvalue weighted by Crippen LogP contribution is 2.25. The van der Waals surface area contributed by atoms with Crippen molar-refractivity contribution in [2.24, 2.45) is 4.99 Å². The summed E-state index contributed by atoms with van der Waals surface area (Å²) in [5, 5.41) is 8.79. The third-order valence-corrected chi connectivity index (χ3v) is 3.57. The van der Waals surface area contributed by atoms with Crippen LogP contribution >= 0.6 is 0 Å². The second-order valence-corrected chi connectivity index (χ2v) is 5.37. The molecule has 1 aliphatic rings. The molecule has 116 valence electrons. The number of nitrogens with zero attached hydrogens (tertiary/aromatic N) is 1. The Hall–Kier alpha value is -2.61. The van der Waals surface area contributed by atoms with E-state index in [1.165, 1.54) is 0 Å². The Balaban J connectivity index is 1.81. The van der Waals surface area contributed by atoms with Crippen LogP contribution in [0.25, 0.3) is 0 Å². The summed E-state index contributed by atoms with van der Waals surface area (Å²) < 4.78 is 5.76. The van der Waals surface area contributed by atoms with Gasteiger partial charge in [-0.2, -0.15) is 5.48 Å². The second kappa shape index (κ2) is 7.10. The van der Waals surface area contributed by atoms with Gasteiger partial charge in [0.1, 0.15) is 12.6 Å². The predicted molar refractivity (Wildman–Crippen MR) is 89.4 cm³/mol. The van der Waals surface area contributed by atoms with Gasteiger partial charge in [0.15, 0.2) is 0 Å². The van der Waals surface area contributed by atoms with Crippen molar-refractivity contribution < 1.29 is 9.94 Å². The van der Waals surface area contributed by atoms with Gasteiger partial charge in [-0.05, 0) is 30.7 Å². The first-order valence-electron chi connectivity index (χ1n) is 7.53. The lowest BCUT2D eigenvalue weighted by atomic mass is 10.1. The summed E-state index contributed by atoms with van der Waals surface area (Å²) in [5.74, 6) is 6.58. The molecule has 2 aromatic rings. The Morgan fingerprint density at radius 1 is 1.22 bits per heavy atom. The van der Waals surface area contributed by atoms with E-state index < -0.39 is 0 Å². The highest BCUT2D eigenvalue weighted by molar-refractivity contribution is 5.95. The van der Waals surface area contributed by atoms with Crippen LogP contribution in [-0.2, 0) is 4.74 Å². The molecule has 2 aromatic carbocycles. The van der Waals surface area contributed by atoms with Crippen LogP contribution in [0.4, 0.5) is 0 Å². The van der Waals surface area contributed by atoms with Gasteiger partial charge in [0.25, 0.3) is 0 Å². The fourth-order valence-electron chi connectivity index (χ4n) is 2.33. The minimum absolute atomic E-state index is 0.0413. The molecule has 1 aliphatic heterocycles. The SMILES string of the molecule is CC(C#Cc1cccc(C2=N[C@H](c3ccccc3)CO2)c1)NO. The predicted octanol–water partition coefficient (Wildman–Crippen LogP) is 2.92. The summed E-state index contributed by atoms with van der Waals surface area (Å²) in [7, 11) is 0. The molecule has 2 atom stereocenters. The van der Waals surface area contributed by atoms with Crippen LogP contribution in [0.1, 0.15) is 29.7 Å². The summed E-state index contributed by atoms with van der Waals surface area (Å²) >= 11 is 0. The highest BCUT2D eigenvalue weighted by atomic mass is 16.5. The lowest BCUT2D eigenvalue weighted by Crippen LogP contribution is -2.19. The number of benzene rings is 2. The smallest absolute Gasteiger partial charge is 0.216 e. The number of rotatable bonds is 3. The van der Waals surface area contributed by atoms with Crippen molar-refractivity contribution in [3.8, 4) is 11.8 Å². The van der Waals surface area contributed by atoms with Crippen LogP contribution in [-0.4, -0.2) is 23.8 Å². The van der Waals surface area contributed by atoms with Crippen molar-refractivity contribution >= 4 is 5.90 Å². The topological polar surface area (TPSA) is 53.8 Å². The van der Waals surface area contributed by atoms with Gasteiger partial charge in [0.2, 0.25) is 5.90 Å². The molecule has 4 heteroatoms. The molecule has 0 saturated carbocycles. The number of hydroxylamine groups is 1. The number of nitrogens with one attached hydrogen (secondary N) is 1. The van der Waals surface area contributed by atoms with Crippen molar-refractivity contribution in [3.63, 3.8) is 0 Å². The van der Waals surface area contributed by atoms with E-state index in [1.54, 1.807) is 6.92 Å². The number of hydrogen-bond acceptors (Lipinski definition) is 4. The third-order valence-electron chi connectivity index (χ3n) is 3.57. The molecule has 0 radical (unpaired) electrons. The lowest BCUT2D eigenvalue weighted by Gasteiger charge is -2.03. The molecular formula is C19H18N2O2. The van der Waals surface area contributed by atoms with Gasteiger partial charge < -0.3 is 9.94 Å². The molecule has 2 N–H and O–H groups in total. The summed E-state index contributed by atoms with van der Waals surface area (Å²) in [6.07, 6.45) is 0. The maximum Gasteiger partial charge on any atom is 0.216 e. The van der Waals surface area contributed by atoms with E-state index in [0.29, 0.717) is 12.5 Å². The van der Waals surface area contributed by atoms with E-state index in [-0.39, 0.29) is 12.1 Å². The fraction of sp³-hybridized carbons (Fsp3) is 0.211. The largest absolute Gasteiger partial charge is 0.475 e. The summed E-state index contributed by atoms with van der Waals surface area (Å²) in [4.78, 5) is 4.67. The Labute approximate surface area is 135 Å². The summed E-state index contributed by atoms with van der Waals surface area (Å²) in [6.45, 7) is 2.34. The molecule has 1 unspecified atom stereocenters. The maximum absolute atomic E-state index is 8.79. The van der Waals surface area contributed by atoms with Crippen LogP contribution in [0, 0.1) is 11.8 Å². The minimum Gasteiger partial charge on any atom is -0.475 e. The first-order valence-corrected chi connectivity index (χ1v) is 7.53. The highest BCUT2D eigenvalue weighted by Gasteiger charge is 2.21. The van der Waals surface area contributed by atoms with Gasteiger partial charge in [-0.25, -0.2) is 4.99 Å². The second-order valence-electron chi connectivity index (χ2n) is 5.37. The molecule has 0 aliphatic carbocycles. The Bertz CT molecular complexity index is 760. The zero-order valence-corrected chi connectivity index (χ0v) is 12.9. The molecule has 0 amide bonds. The molecule has 4 nitrogen and oxygen atoms in total. The zero-order chi connectivity index (χ0) is 16.1. The van der Waals surface area contributed by atoms with Gasteiger partial charge in [-0.3, -0.25) is 0 Å². The summed E-state index contributed by atoms with van der Waals surface area (Å²) in [5.41, 5.74) is 5.04. The van der Waals surface area contributed by atoms with E-state index in [1.807, 2.05) is 42.5 Å². The Kier molecular flexibility index (Phi) is 4.72. The van der Waals surface area contributed by atoms with E-state index in [2.05, 4.69) is 34.4 Å². The zero-order valence-electron chi connectivity index (χ0n) is 12.9. The van der Waals surface area contributed by atoms with Crippen LogP contribution < -0.4 is 5.48 Å². The Morgan fingerprint density at radius 3 is 2.83 bits per heavy atom. The molecular weight excluding hydrogens is 288 g/mol. The molecule has 0 bridgehead atoms. The van der Waals surface area contributed by atoms with E-state index in [4.69, 9.17) is 9.94 Å². The van der Waals surface area contributed by atoms with E-state index >= 15 is 0 Å². The van der Waals surface area contributed by atoms with Crippen molar-refractivity contribution in [1.29, 1.82) is 0 Å². The first kappa shape index (κ1) is 15.3. The molecule has 0 saturated heterocycles. The number of aliphatic imine (C=N–C) groups is 1. The number of hydrogen-bond donors (Lipinski definition) is 2. The van der Waals surface area contributed by atoms with Gasteiger partial charge in [0, 0.05) is 11.1 Å². The van der Waals surface area contributed by atoms with Crippen LogP contribution in [0.15, 0.2) is 59.6 Å². The Morgan fingerprint density at radius 2 is 2.04 bits per heavy atom. The van der Waals surface area contributed by atoms with Crippen LogP contribution in [0.3, 0.4) is 0 Å². The van der Waals surface area contributed by atoms with Gasteiger partial charge in [0.05, 0.1) is 6.04 Å². The van der Waals surface area contributed by atoms with Gasteiger partial charge in [-0.1, -0.05) is 48.2 Å². The van der Waals surface area contributed by atoms with Crippen molar-refractivity contribution in [1.82, 2.24) is 5.48 Å². The normalized spacial score (nSPS) is 17.7. The molecule has 0 fully saturated rings. The minimum atomic E-state index is -0.277. The van der Waals surface area contributed by atoms with Crippen molar-refractivity contribution in [2.45, 2.75) is 19.0 Å². The monoisotopic (exact) mass is 306 g/mol. The average molecular weight is 306 g/mol. The quantitative estimate of drug-likeness (QED) is 0.677. The first-order chi connectivity index (χ1) is 11.3. The third kappa shape index (κ3) is 3.78. The average Bonchev–Trinajstić information content (AvgIpc) is 3.11. The van der Waals surface area contributed by atoms with E-state index in [9.17, 15) is 0 Å². The van der Waals surface area contributed by atoms with Crippen LogP contribution in [0.2, 0.25) is 0 Å². The van der Waals surface area contributed by atoms with Crippen molar-refractivity contribution in [2.75, 3.05) is 6.61 Å². The molecule has 23 heavy (non-hydrogen) atoms. The molecule has 0 spiro atoms. The number of ether oxygens (including phenoxy) is 1. The van der Waals surface area contributed by atoms with Crippen molar-refractivity contribution in [3.05, 3.63) is 71.3 Å². The maximum atomic E-state index is 8.79. The van der Waals surface area contributed by atoms with E-state index in [0.717, 1.165) is 16.7 Å².